The van der Waals surface area contributed by atoms with Crippen LogP contribution in [-0.4, -0.2) is 72.7 Å². The van der Waals surface area contributed by atoms with E-state index in [0.29, 0.717) is 6.04 Å². The van der Waals surface area contributed by atoms with E-state index in [1.54, 1.807) is 12.4 Å². The Morgan fingerprint density at radius 1 is 1.21 bits per heavy atom. The first-order valence-corrected chi connectivity index (χ1v) is 8.98. The Kier molecular flexibility index (Phi) is 7.74. The Morgan fingerprint density at radius 3 is 2.54 bits per heavy atom. The number of hydrogen-bond donors (Lipinski definition) is 2. The molecule has 1 aromatic heterocycles. The third-order valence-electron chi connectivity index (χ3n) is 3.88. The third-order valence-corrected chi connectivity index (χ3v) is 3.88. The normalized spacial score (nSPS) is 16.5. The number of nitrogens with zero attached hydrogens (tertiary/aromatic N) is 5. The lowest BCUT2D eigenvalue weighted by Crippen LogP contribution is -2.47. The maximum atomic E-state index is 4.64. The first-order chi connectivity index (χ1) is 11.7. The average Bonchev–Trinajstić information content (AvgIpc) is 2.60. The van der Waals surface area contributed by atoms with Crippen molar-refractivity contribution in [3.8, 4) is 0 Å². The van der Waals surface area contributed by atoms with E-state index in [1.807, 2.05) is 6.07 Å². The number of rotatable bonds is 7. The maximum absolute atomic E-state index is 4.64. The number of anilines is 1. The number of guanidine groups is 1. The summed E-state index contributed by atoms with van der Waals surface area (Å²) in [6.07, 6.45) is 4.69. The molecule has 2 N–H and O–H groups in total. The lowest BCUT2D eigenvalue weighted by atomic mass is 10.3. The van der Waals surface area contributed by atoms with Gasteiger partial charge in [0, 0.05) is 64.2 Å². The number of piperazine rings is 1. The summed E-state index contributed by atoms with van der Waals surface area (Å²) in [6.45, 7) is 13.3. The van der Waals surface area contributed by atoms with Crippen molar-refractivity contribution in [1.29, 1.82) is 0 Å². The van der Waals surface area contributed by atoms with Crippen LogP contribution in [0, 0.1) is 0 Å². The molecule has 0 atom stereocenters. The van der Waals surface area contributed by atoms with Gasteiger partial charge in [-0.1, -0.05) is 0 Å². The highest BCUT2D eigenvalue weighted by atomic mass is 15.3. The minimum atomic E-state index is 0.399. The van der Waals surface area contributed by atoms with E-state index in [1.165, 1.54) is 0 Å². The van der Waals surface area contributed by atoms with Crippen LogP contribution < -0.4 is 15.5 Å². The summed E-state index contributed by atoms with van der Waals surface area (Å²) in [6, 6.07) is 2.26. The molecule has 7 nitrogen and oxygen atoms in total. The van der Waals surface area contributed by atoms with Crippen LogP contribution in [0.2, 0.25) is 0 Å². The van der Waals surface area contributed by atoms with Crippen LogP contribution in [0.25, 0.3) is 0 Å². The molecule has 0 bridgehead atoms. The second kappa shape index (κ2) is 10.1. The van der Waals surface area contributed by atoms with Gasteiger partial charge in [-0.2, -0.15) is 0 Å². The highest BCUT2D eigenvalue weighted by Crippen LogP contribution is 2.09. The molecule has 7 heteroatoms. The van der Waals surface area contributed by atoms with Gasteiger partial charge in [-0.15, -0.1) is 0 Å². The lowest BCUT2D eigenvalue weighted by Gasteiger charge is -2.34. The molecule has 2 rings (SSSR count). The van der Waals surface area contributed by atoms with Gasteiger partial charge in [0.1, 0.15) is 0 Å². The van der Waals surface area contributed by atoms with E-state index in [0.717, 1.165) is 64.1 Å². The molecule has 1 saturated heterocycles. The first-order valence-electron chi connectivity index (χ1n) is 8.98. The van der Waals surface area contributed by atoms with E-state index in [4.69, 9.17) is 0 Å². The molecule has 1 aromatic rings. The molecule has 0 amide bonds. The largest absolute Gasteiger partial charge is 0.357 e. The van der Waals surface area contributed by atoms with Crippen molar-refractivity contribution >= 4 is 11.9 Å². The van der Waals surface area contributed by atoms with Gasteiger partial charge in [-0.3, -0.25) is 9.89 Å². The number of hydrogen-bond acceptors (Lipinski definition) is 5. The number of nitrogens with one attached hydrogen (secondary N) is 2. The fourth-order valence-electron chi connectivity index (χ4n) is 2.70. The van der Waals surface area contributed by atoms with E-state index in [-0.39, 0.29) is 0 Å². The molecule has 2 heterocycles. The van der Waals surface area contributed by atoms with E-state index in [2.05, 4.69) is 56.2 Å². The summed E-state index contributed by atoms with van der Waals surface area (Å²) in [5, 5.41) is 6.63. The zero-order chi connectivity index (χ0) is 17.2. The molecule has 0 aliphatic carbocycles. The zero-order valence-corrected chi connectivity index (χ0v) is 15.2. The third kappa shape index (κ3) is 6.31. The fourth-order valence-corrected chi connectivity index (χ4v) is 2.70. The molecule has 0 saturated carbocycles. The van der Waals surface area contributed by atoms with Crippen molar-refractivity contribution in [1.82, 2.24) is 25.5 Å². The summed E-state index contributed by atoms with van der Waals surface area (Å²) < 4.78 is 0. The number of aliphatic imine (C=N–C) groups is 1. The average molecular weight is 333 g/mol. The van der Waals surface area contributed by atoms with Gasteiger partial charge >= 0.3 is 0 Å². The standard InChI is InChI=1S/C17H31N7/c1-4-18-16(22-15(2)3)19-9-6-10-23-11-13-24(14-12-23)17-20-7-5-8-21-17/h5,7-8,15H,4,6,9-14H2,1-3H3,(H2,18,19,22). The van der Waals surface area contributed by atoms with Crippen LogP contribution in [0.3, 0.4) is 0 Å². The van der Waals surface area contributed by atoms with Crippen LogP contribution in [-0.2, 0) is 0 Å². The lowest BCUT2D eigenvalue weighted by molar-refractivity contribution is 0.255. The molecule has 0 unspecified atom stereocenters. The summed E-state index contributed by atoms with van der Waals surface area (Å²) in [4.78, 5) is 18.0. The van der Waals surface area contributed by atoms with Crippen LogP contribution in [0.5, 0.6) is 0 Å². The van der Waals surface area contributed by atoms with Crippen LogP contribution in [0.15, 0.2) is 23.5 Å². The molecule has 1 aliphatic rings. The van der Waals surface area contributed by atoms with Gasteiger partial charge in [-0.05, 0) is 33.3 Å². The minimum absolute atomic E-state index is 0.399. The van der Waals surface area contributed by atoms with E-state index < -0.39 is 0 Å². The Bertz CT molecular complexity index is 481. The predicted octanol–water partition coefficient (Wildman–Crippen LogP) is 0.952. The van der Waals surface area contributed by atoms with E-state index >= 15 is 0 Å². The van der Waals surface area contributed by atoms with Gasteiger partial charge in [0.25, 0.3) is 0 Å². The van der Waals surface area contributed by atoms with Gasteiger partial charge in [0.15, 0.2) is 5.96 Å². The molecule has 1 fully saturated rings. The fraction of sp³-hybridized carbons (Fsp3) is 0.706. The predicted molar refractivity (Wildman–Crippen MR) is 99.6 cm³/mol. The molecule has 24 heavy (non-hydrogen) atoms. The number of aromatic nitrogens is 2. The molecule has 1 aliphatic heterocycles. The van der Waals surface area contributed by atoms with Gasteiger partial charge < -0.3 is 15.5 Å². The second-order valence-corrected chi connectivity index (χ2v) is 6.29. The summed E-state index contributed by atoms with van der Waals surface area (Å²) >= 11 is 0. The van der Waals surface area contributed by atoms with Gasteiger partial charge in [0.2, 0.25) is 5.95 Å². The Labute approximate surface area is 145 Å². The molecule has 0 radical (unpaired) electrons. The Hall–Kier alpha value is -1.89. The molecule has 0 aromatic carbocycles. The molecule has 0 spiro atoms. The highest BCUT2D eigenvalue weighted by Gasteiger charge is 2.18. The van der Waals surface area contributed by atoms with Crippen molar-refractivity contribution in [2.75, 3.05) is 50.7 Å². The Morgan fingerprint density at radius 2 is 1.92 bits per heavy atom. The van der Waals surface area contributed by atoms with Crippen molar-refractivity contribution in [3.05, 3.63) is 18.5 Å². The van der Waals surface area contributed by atoms with Gasteiger partial charge in [-0.25, -0.2) is 9.97 Å². The molecule has 134 valence electrons. The molecular weight excluding hydrogens is 302 g/mol. The monoisotopic (exact) mass is 333 g/mol. The smallest absolute Gasteiger partial charge is 0.225 e. The Balaban J connectivity index is 1.67. The van der Waals surface area contributed by atoms with Gasteiger partial charge in [0.05, 0.1) is 0 Å². The van der Waals surface area contributed by atoms with Crippen LogP contribution >= 0.6 is 0 Å². The topological polar surface area (TPSA) is 68.7 Å². The minimum Gasteiger partial charge on any atom is -0.357 e. The SMILES string of the molecule is CCNC(=NCCCN1CCN(c2ncccn2)CC1)NC(C)C. The summed E-state index contributed by atoms with van der Waals surface area (Å²) in [7, 11) is 0. The second-order valence-electron chi connectivity index (χ2n) is 6.29. The highest BCUT2D eigenvalue weighted by molar-refractivity contribution is 5.79. The molecular formula is C17H31N7. The van der Waals surface area contributed by atoms with Crippen LogP contribution in [0.4, 0.5) is 5.95 Å². The first kappa shape index (κ1) is 18.4. The van der Waals surface area contributed by atoms with Crippen LogP contribution in [0.1, 0.15) is 27.2 Å². The maximum Gasteiger partial charge on any atom is 0.225 e. The van der Waals surface area contributed by atoms with Crippen molar-refractivity contribution < 1.29 is 0 Å². The van der Waals surface area contributed by atoms with Crippen molar-refractivity contribution in [2.45, 2.75) is 33.2 Å². The quantitative estimate of drug-likeness (QED) is 0.440. The van der Waals surface area contributed by atoms with Crippen molar-refractivity contribution in [2.24, 2.45) is 4.99 Å². The van der Waals surface area contributed by atoms with E-state index in [9.17, 15) is 0 Å². The zero-order valence-electron chi connectivity index (χ0n) is 15.2. The van der Waals surface area contributed by atoms with Crippen molar-refractivity contribution in [3.63, 3.8) is 0 Å². The summed E-state index contributed by atoms with van der Waals surface area (Å²) in [5.41, 5.74) is 0. The summed E-state index contributed by atoms with van der Waals surface area (Å²) in [5.74, 6) is 1.76.